The van der Waals surface area contributed by atoms with Gasteiger partial charge < -0.3 is 10.1 Å². The minimum Gasteiger partial charge on any atom is -0.380 e. The maximum absolute atomic E-state index is 5.67. The topological polar surface area (TPSA) is 21.3 Å². The molecule has 1 rings (SSSR count). The van der Waals surface area contributed by atoms with Gasteiger partial charge in [-0.25, -0.2) is 0 Å². The summed E-state index contributed by atoms with van der Waals surface area (Å²) < 4.78 is 5.67. The Labute approximate surface area is 101 Å². The van der Waals surface area contributed by atoms with Crippen molar-refractivity contribution in [1.82, 2.24) is 5.32 Å². The summed E-state index contributed by atoms with van der Waals surface area (Å²) in [5.74, 6) is 1.52. The summed E-state index contributed by atoms with van der Waals surface area (Å²) in [6.07, 6.45) is 7.38. The van der Waals surface area contributed by atoms with Gasteiger partial charge in [0, 0.05) is 13.2 Å². The summed E-state index contributed by atoms with van der Waals surface area (Å²) in [5, 5.41) is 3.62. The van der Waals surface area contributed by atoms with Gasteiger partial charge >= 0.3 is 0 Å². The summed E-state index contributed by atoms with van der Waals surface area (Å²) >= 11 is 0. The molecule has 0 bridgehead atoms. The lowest BCUT2D eigenvalue weighted by atomic mass is 9.90. The first-order valence-electron chi connectivity index (χ1n) is 6.95. The Kier molecular flexibility index (Phi) is 6.37. The van der Waals surface area contributed by atoms with E-state index >= 15 is 0 Å². The first-order chi connectivity index (χ1) is 7.69. The van der Waals surface area contributed by atoms with Gasteiger partial charge in [0.05, 0.1) is 6.10 Å². The smallest absolute Gasteiger partial charge is 0.0747 e. The van der Waals surface area contributed by atoms with Crippen LogP contribution in [0.4, 0.5) is 0 Å². The minimum atomic E-state index is 0.362. The molecule has 1 aliphatic rings. The number of methoxy groups -OCH3 is 1. The number of hydrogen-bond acceptors (Lipinski definition) is 2. The molecule has 0 heterocycles. The number of nitrogens with one attached hydrogen (secondary N) is 1. The van der Waals surface area contributed by atoms with Crippen molar-refractivity contribution in [3.8, 4) is 0 Å². The molecule has 1 fully saturated rings. The molecule has 2 unspecified atom stereocenters. The van der Waals surface area contributed by atoms with E-state index in [1.165, 1.54) is 32.1 Å². The van der Waals surface area contributed by atoms with Gasteiger partial charge in [-0.3, -0.25) is 0 Å². The Balaban J connectivity index is 2.49. The van der Waals surface area contributed by atoms with E-state index in [9.17, 15) is 0 Å². The fourth-order valence-electron chi connectivity index (χ4n) is 3.10. The molecular weight excluding hydrogens is 198 g/mol. The lowest BCUT2D eigenvalue weighted by Crippen LogP contribution is -2.44. The highest BCUT2D eigenvalue weighted by atomic mass is 16.5. The third kappa shape index (κ3) is 4.06. The maximum Gasteiger partial charge on any atom is 0.0747 e. The molecule has 1 N–H and O–H groups in total. The van der Waals surface area contributed by atoms with Crippen molar-refractivity contribution in [2.45, 2.75) is 65.0 Å². The molecule has 0 aromatic carbocycles. The highest BCUT2D eigenvalue weighted by Gasteiger charge is 2.27. The first kappa shape index (κ1) is 14.0. The van der Waals surface area contributed by atoms with E-state index in [0.717, 1.165) is 12.5 Å². The summed E-state index contributed by atoms with van der Waals surface area (Å²) in [4.78, 5) is 0. The Hall–Kier alpha value is -0.0800. The third-order valence-corrected chi connectivity index (χ3v) is 3.85. The monoisotopic (exact) mass is 227 g/mol. The Morgan fingerprint density at radius 3 is 2.31 bits per heavy atom. The van der Waals surface area contributed by atoms with E-state index in [2.05, 4.69) is 26.1 Å². The van der Waals surface area contributed by atoms with Crippen LogP contribution in [-0.2, 0) is 4.74 Å². The molecule has 1 saturated carbocycles. The molecule has 0 aromatic rings. The highest BCUT2D eigenvalue weighted by molar-refractivity contribution is 4.83. The predicted octanol–water partition coefficient (Wildman–Crippen LogP) is 3.22. The van der Waals surface area contributed by atoms with Crippen LogP contribution in [-0.4, -0.2) is 25.8 Å². The van der Waals surface area contributed by atoms with E-state index in [4.69, 9.17) is 4.74 Å². The second-order valence-corrected chi connectivity index (χ2v) is 5.49. The second kappa shape index (κ2) is 7.29. The van der Waals surface area contributed by atoms with E-state index < -0.39 is 0 Å². The van der Waals surface area contributed by atoms with Crippen LogP contribution in [0.2, 0.25) is 0 Å². The Bertz CT molecular complexity index is 176. The third-order valence-electron chi connectivity index (χ3n) is 3.85. The van der Waals surface area contributed by atoms with Gasteiger partial charge in [-0.2, -0.15) is 0 Å². The zero-order valence-corrected chi connectivity index (χ0v) is 11.5. The van der Waals surface area contributed by atoms with Crippen molar-refractivity contribution in [3.05, 3.63) is 0 Å². The molecule has 2 atom stereocenters. The van der Waals surface area contributed by atoms with Crippen LogP contribution in [0.3, 0.4) is 0 Å². The molecule has 0 spiro atoms. The largest absolute Gasteiger partial charge is 0.380 e. The molecule has 96 valence electrons. The van der Waals surface area contributed by atoms with Crippen LogP contribution in [0.1, 0.15) is 52.9 Å². The van der Waals surface area contributed by atoms with Crippen LogP contribution in [0.15, 0.2) is 0 Å². The van der Waals surface area contributed by atoms with Gasteiger partial charge in [-0.1, -0.05) is 46.5 Å². The van der Waals surface area contributed by atoms with E-state index in [0.29, 0.717) is 18.1 Å². The van der Waals surface area contributed by atoms with Crippen molar-refractivity contribution in [2.75, 3.05) is 13.7 Å². The quantitative estimate of drug-likeness (QED) is 0.721. The fraction of sp³-hybridized carbons (Fsp3) is 1.00. The predicted molar refractivity (Wildman–Crippen MR) is 69.7 cm³/mol. The van der Waals surface area contributed by atoms with Crippen molar-refractivity contribution in [2.24, 2.45) is 11.8 Å². The summed E-state index contributed by atoms with van der Waals surface area (Å²) in [6, 6.07) is 0.540. The van der Waals surface area contributed by atoms with E-state index in [-0.39, 0.29) is 0 Å². The van der Waals surface area contributed by atoms with E-state index in [1.54, 1.807) is 0 Å². The lowest BCUT2D eigenvalue weighted by Gasteiger charge is -2.31. The van der Waals surface area contributed by atoms with Gasteiger partial charge in [-0.15, -0.1) is 0 Å². The van der Waals surface area contributed by atoms with E-state index in [1.807, 2.05) is 7.11 Å². The second-order valence-electron chi connectivity index (χ2n) is 5.49. The average molecular weight is 227 g/mol. The molecule has 2 heteroatoms. The van der Waals surface area contributed by atoms with Crippen molar-refractivity contribution in [3.63, 3.8) is 0 Å². The van der Waals surface area contributed by atoms with Gasteiger partial charge in [0.2, 0.25) is 0 Å². The minimum absolute atomic E-state index is 0.362. The number of ether oxygens (including phenoxy) is 1. The number of likely N-dealkylation sites (N-methyl/N-ethyl adjacent to an activating group) is 1. The molecule has 1 aliphatic carbocycles. The van der Waals surface area contributed by atoms with Crippen LogP contribution >= 0.6 is 0 Å². The fourth-order valence-corrected chi connectivity index (χ4v) is 3.10. The zero-order chi connectivity index (χ0) is 12.0. The van der Waals surface area contributed by atoms with Gasteiger partial charge in [0.25, 0.3) is 0 Å². The first-order valence-corrected chi connectivity index (χ1v) is 6.95. The Morgan fingerprint density at radius 1 is 1.25 bits per heavy atom. The molecule has 0 amide bonds. The lowest BCUT2D eigenvalue weighted by molar-refractivity contribution is 0.0265. The van der Waals surface area contributed by atoms with Gasteiger partial charge in [-0.05, 0) is 24.8 Å². The standard InChI is InChI=1S/C14H29NO/c1-5-15-13(14(16-4)11(2)3)10-12-8-6-7-9-12/h11-15H,5-10H2,1-4H3. The summed E-state index contributed by atoms with van der Waals surface area (Å²) in [7, 11) is 1.85. The van der Waals surface area contributed by atoms with Crippen LogP contribution in [0.5, 0.6) is 0 Å². The molecular formula is C14H29NO. The van der Waals surface area contributed by atoms with Crippen LogP contribution in [0.25, 0.3) is 0 Å². The van der Waals surface area contributed by atoms with Gasteiger partial charge in [0.15, 0.2) is 0 Å². The molecule has 0 radical (unpaired) electrons. The summed E-state index contributed by atoms with van der Waals surface area (Å²) in [6.45, 7) is 7.75. The Morgan fingerprint density at radius 2 is 1.88 bits per heavy atom. The normalized spacial score (nSPS) is 21.6. The highest BCUT2D eigenvalue weighted by Crippen LogP contribution is 2.30. The SMILES string of the molecule is CCNC(CC1CCCC1)C(OC)C(C)C. The molecule has 0 aromatic heterocycles. The number of hydrogen-bond donors (Lipinski definition) is 1. The van der Waals surface area contributed by atoms with Crippen molar-refractivity contribution >= 4 is 0 Å². The summed E-state index contributed by atoms with van der Waals surface area (Å²) in [5.41, 5.74) is 0. The average Bonchev–Trinajstić information content (AvgIpc) is 2.71. The number of rotatable bonds is 7. The van der Waals surface area contributed by atoms with Crippen molar-refractivity contribution < 1.29 is 4.74 Å². The maximum atomic E-state index is 5.67. The molecule has 0 saturated heterocycles. The zero-order valence-electron chi connectivity index (χ0n) is 11.5. The molecule has 0 aliphatic heterocycles. The van der Waals surface area contributed by atoms with Gasteiger partial charge in [0.1, 0.15) is 0 Å². The molecule has 2 nitrogen and oxygen atoms in total. The molecule has 16 heavy (non-hydrogen) atoms. The van der Waals surface area contributed by atoms with Crippen molar-refractivity contribution in [1.29, 1.82) is 0 Å². The van der Waals surface area contributed by atoms with Crippen LogP contribution in [0, 0.1) is 11.8 Å². The van der Waals surface area contributed by atoms with Crippen LogP contribution < -0.4 is 5.32 Å².